The molecule has 1 rings (SSSR count). The van der Waals surface area contributed by atoms with E-state index in [-0.39, 0.29) is 17.4 Å². The lowest BCUT2D eigenvalue weighted by Crippen LogP contribution is -2.32. The number of nitrogens with one attached hydrogen (secondary N) is 2. The molecule has 0 fully saturated rings. The van der Waals surface area contributed by atoms with Gasteiger partial charge in [0.1, 0.15) is 0 Å². The molecular formula is C14H25N3OS. The summed E-state index contributed by atoms with van der Waals surface area (Å²) in [5.41, 5.74) is 1.15. The zero-order valence-electron chi connectivity index (χ0n) is 12.5. The van der Waals surface area contributed by atoms with E-state index in [0.717, 1.165) is 12.1 Å². The van der Waals surface area contributed by atoms with Gasteiger partial charge in [0.15, 0.2) is 4.77 Å². The third kappa shape index (κ3) is 4.49. The van der Waals surface area contributed by atoms with Crippen LogP contribution in [0.25, 0.3) is 0 Å². The molecule has 0 aliphatic rings. The van der Waals surface area contributed by atoms with Crippen LogP contribution >= 0.6 is 12.2 Å². The van der Waals surface area contributed by atoms with E-state index in [1.54, 1.807) is 0 Å². The Balaban J connectivity index is 2.71. The van der Waals surface area contributed by atoms with Crippen molar-refractivity contribution in [3.8, 4) is 0 Å². The van der Waals surface area contributed by atoms with Gasteiger partial charge >= 0.3 is 0 Å². The van der Waals surface area contributed by atoms with Crippen molar-refractivity contribution in [2.45, 2.75) is 65.5 Å². The minimum Gasteiger partial charge on any atom is -0.354 e. The third-order valence-electron chi connectivity index (χ3n) is 3.22. The number of rotatable bonds is 5. The van der Waals surface area contributed by atoms with Crippen LogP contribution in [-0.2, 0) is 16.8 Å². The van der Waals surface area contributed by atoms with Crippen LogP contribution in [0.5, 0.6) is 0 Å². The number of nitrogens with zero attached hydrogens (tertiary/aromatic N) is 1. The van der Waals surface area contributed by atoms with Crippen molar-refractivity contribution in [1.82, 2.24) is 14.9 Å². The highest BCUT2D eigenvalue weighted by atomic mass is 32.1. The Morgan fingerprint density at radius 1 is 1.53 bits per heavy atom. The molecule has 1 unspecified atom stereocenters. The predicted octanol–water partition coefficient (Wildman–Crippen LogP) is 3.15. The fourth-order valence-corrected chi connectivity index (χ4v) is 2.15. The Kier molecular flexibility index (Phi) is 5.35. The van der Waals surface area contributed by atoms with E-state index in [9.17, 15) is 4.79 Å². The van der Waals surface area contributed by atoms with Crippen molar-refractivity contribution in [1.29, 1.82) is 0 Å². The number of H-pyrrole nitrogens is 1. The molecule has 0 aliphatic heterocycles. The molecule has 1 atom stereocenters. The minimum atomic E-state index is 0.0146. The maximum atomic E-state index is 11.8. The lowest BCUT2D eigenvalue weighted by atomic mass is 9.92. The van der Waals surface area contributed by atoms with Crippen molar-refractivity contribution in [3.63, 3.8) is 0 Å². The van der Waals surface area contributed by atoms with E-state index in [2.05, 4.69) is 38.0 Å². The Bertz CT molecular complexity index is 482. The number of aromatic amines is 1. The summed E-state index contributed by atoms with van der Waals surface area (Å²) in [5.74, 6) is 0.0808. The van der Waals surface area contributed by atoms with E-state index in [0.29, 0.717) is 17.7 Å². The summed E-state index contributed by atoms with van der Waals surface area (Å²) >= 11 is 5.28. The van der Waals surface area contributed by atoms with E-state index >= 15 is 0 Å². The first-order valence-electron chi connectivity index (χ1n) is 6.83. The number of carbonyl (C=O) groups is 1. The standard InChI is InChI=1S/C14H25N3OS/c1-6-10(2)16-12(18)7-8-17-11(14(3,4)5)9-15-13(17)19/h9-10H,6-8H2,1-5H3,(H,15,19)(H,16,18). The monoisotopic (exact) mass is 283 g/mol. The molecule has 0 spiro atoms. The van der Waals surface area contributed by atoms with Gasteiger partial charge in [-0.1, -0.05) is 27.7 Å². The zero-order chi connectivity index (χ0) is 14.6. The first-order valence-corrected chi connectivity index (χ1v) is 7.24. The molecule has 108 valence electrons. The van der Waals surface area contributed by atoms with Crippen LogP contribution in [0.15, 0.2) is 6.20 Å². The largest absolute Gasteiger partial charge is 0.354 e. The smallest absolute Gasteiger partial charge is 0.222 e. The molecule has 0 saturated heterocycles. The number of amides is 1. The lowest BCUT2D eigenvalue weighted by molar-refractivity contribution is -0.121. The van der Waals surface area contributed by atoms with Gasteiger partial charge < -0.3 is 14.9 Å². The summed E-state index contributed by atoms with van der Waals surface area (Å²) in [7, 11) is 0. The van der Waals surface area contributed by atoms with Gasteiger partial charge in [-0.05, 0) is 25.6 Å². The molecule has 1 aromatic heterocycles. The van der Waals surface area contributed by atoms with Crippen molar-refractivity contribution < 1.29 is 4.79 Å². The summed E-state index contributed by atoms with van der Waals surface area (Å²) in [5, 5.41) is 2.97. The summed E-state index contributed by atoms with van der Waals surface area (Å²) in [4.78, 5) is 14.9. The van der Waals surface area contributed by atoms with Crippen LogP contribution in [-0.4, -0.2) is 21.5 Å². The maximum absolute atomic E-state index is 11.8. The fraction of sp³-hybridized carbons (Fsp3) is 0.714. The average Bonchev–Trinajstić information content (AvgIpc) is 2.67. The van der Waals surface area contributed by atoms with Gasteiger partial charge in [0.2, 0.25) is 5.91 Å². The molecule has 0 bridgehead atoms. The second kappa shape index (κ2) is 6.37. The molecule has 0 saturated carbocycles. The van der Waals surface area contributed by atoms with E-state index < -0.39 is 0 Å². The molecule has 1 heterocycles. The zero-order valence-corrected chi connectivity index (χ0v) is 13.4. The normalized spacial score (nSPS) is 13.3. The van der Waals surface area contributed by atoms with Crippen LogP contribution in [0.2, 0.25) is 0 Å². The molecule has 5 heteroatoms. The molecule has 19 heavy (non-hydrogen) atoms. The third-order valence-corrected chi connectivity index (χ3v) is 3.56. The van der Waals surface area contributed by atoms with Gasteiger partial charge in [0.25, 0.3) is 0 Å². The summed E-state index contributed by atoms with van der Waals surface area (Å²) in [6.07, 6.45) is 3.34. The Morgan fingerprint density at radius 2 is 2.16 bits per heavy atom. The average molecular weight is 283 g/mol. The van der Waals surface area contributed by atoms with Crippen molar-refractivity contribution >= 4 is 18.1 Å². The summed E-state index contributed by atoms with van der Waals surface area (Å²) < 4.78 is 2.70. The highest BCUT2D eigenvalue weighted by Crippen LogP contribution is 2.22. The van der Waals surface area contributed by atoms with Crippen molar-refractivity contribution in [3.05, 3.63) is 16.7 Å². The van der Waals surface area contributed by atoms with Crippen LogP contribution in [0.3, 0.4) is 0 Å². The fourth-order valence-electron chi connectivity index (χ4n) is 1.90. The SMILES string of the molecule is CCC(C)NC(=O)CCn1c(C(C)(C)C)c[nH]c1=S. The van der Waals surface area contributed by atoms with Gasteiger partial charge in [0.05, 0.1) is 0 Å². The number of hydrogen-bond acceptors (Lipinski definition) is 2. The van der Waals surface area contributed by atoms with E-state index in [1.165, 1.54) is 0 Å². The molecule has 1 aromatic rings. The Labute approximate surface area is 120 Å². The van der Waals surface area contributed by atoms with Gasteiger partial charge in [-0.2, -0.15) is 0 Å². The Morgan fingerprint density at radius 3 is 2.68 bits per heavy atom. The summed E-state index contributed by atoms with van der Waals surface area (Å²) in [6, 6.07) is 0.230. The lowest BCUT2D eigenvalue weighted by Gasteiger charge is -2.21. The molecule has 0 radical (unpaired) electrons. The number of aromatic nitrogens is 2. The minimum absolute atomic E-state index is 0.0146. The van der Waals surface area contributed by atoms with Crippen LogP contribution < -0.4 is 5.32 Å². The number of hydrogen-bond donors (Lipinski definition) is 2. The van der Waals surface area contributed by atoms with E-state index in [4.69, 9.17) is 12.2 Å². The topological polar surface area (TPSA) is 49.8 Å². The van der Waals surface area contributed by atoms with Gasteiger partial charge in [0, 0.05) is 36.3 Å². The van der Waals surface area contributed by atoms with Crippen LogP contribution in [0, 0.1) is 4.77 Å². The van der Waals surface area contributed by atoms with Crippen LogP contribution in [0.4, 0.5) is 0 Å². The molecule has 0 aromatic carbocycles. The molecule has 1 amide bonds. The van der Waals surface area contributed by atoms with Gasteiger partial charge in [-0.25, -0.2) is 0 Å². The molecule has 0 aliphatic carbocycles. The van der Waals surface area contributed by atoms with Crippen molar-refractivity contribution in [2.24, 2.45) is 0 Å². The second-order valence-electron chi connectivity index (χ2n) is 6.01. The van der Waals surface area contributed by atoms with E-state index in [1.807, 2.05) is 17.7 Å². The molecular weight excluding hydrogens is 258 g/mol. The van der Waals surface area contributed by atoms with Crippen molar-refractivity contribution in [2.75, 3.05) is 0 Å². The highest BCUT2D eigenvalue weighted by molar-refractivity contribution is 7.71. The first-order chi connectivity index (χ1) is 8.75. The number of imidazole rings is 1. The maximum Gasteiger partial charge on any atom is 0.222 e. The van der Waals surface area contributed by atoms with Crippen LogP contribution in [0.1, 0.15) is 53.2 Å². The first kappa shape index (κ1) is 16.0. The predicted molar refractivity (Wildman–Crippen MR) is 80.8 cm³/mol. The second-order valence-corrected chi connectivity index (χ2v) is 6.39. The molecule has 2 N–H and O–H groups in total. The number of carbonyl (C=O) groups excluding carboxylic acids is 1. The summed E-state index contributed by atoms with van der Waals surface area (Å²) in [6.45, 7) is 11.1. The Hall–Kier alpha value is -1.10. The highest BCUT2D eigenvalue weighted by Gasteiger charge is 2.19. The van der Waals surface area contributed by atoms with Gasteiger partial charge in [-0.3, -0.25) is 4.79 Å². The van der Waals surface area contributed by atoms with Gasteiger partial charge in [-0.15, -0.1) is 0 Å². The quantitative estimate of drug-likeness (QED) is 0.816. The molecule has 4 nitrogen and oxygen atoms in total.